The van der Waals surface area contributed by atoms with Crippen molar-refractivity contribution in [2.45, 2.75) is 13.8 Å². The topological polar surface area (TPSA) is 73.2 Å². The molecule has 1 aromatic heterocycles. The van der Waals surface area contributed by atoms with E-state index in [1.54, 1.807) is 25.6 Å². The van der Waals surface area contributed by atoms with Gasteiger partial charge in [-0.1, -0.05) is 11.6 Å². The molecule has 22 heavy (non-hydrogen) atoms. The van der Waals surface area contributed by atoms with Crippen molar-refractivity contribution >= 4 is 29.2 Å². The highest BCUT2D eigenvalue weighted by Crippen LogP contribution is 2.25. The smallest absolute Gasteiger partial charge is 0.337 e. The molecule has 0 bridgehead atoms. The van der Waals surface area contributed by atoms with Crippen molar-refractivity contribution < 1.29 is 14.3 Å². The van der Waals surface area contributed by atoms with Gasteiger partial charge >= 0.3 is 5.97 Å². The Bertz CT molecular complexity index is 753. The lowest BCUT2D eigenvalue weighted by atomic mass is 10.1. The summed E-state index contributed by atoms with van der Waals surface area (Å²) in [5.74, 6) is -0.826. The van der Waals surface area contributed by atoms with Crippen molar-refractivity contribution in [3.63, 3.8) is 0 Å². The fourth-order valence-corrected chi connectivity index (χ4v) is 2.32. The van der Waals surface area contributed by atoms with Crippen molar-refractivity contribution in [3.05, 3.63) is 45.7 Å². The van der Waals surface area contributed by atoms with Gasteiger partial charge in [-0.25, -0.2) is 4.79 Å². The predicted octanol–water partition coefficient (Wildman–Crippen LogP) is 2.73. The van der Waals surface area contributed by atoms with Crippen LogP contribution in [0.5, 0.6) is 0 Å². The minimum Gasteiger partial charge on any atom is -0.465 e. The van der Waals surface area contributed by atoms with Crippen molar-refractivity contribution in [2.75, 3.05) is 12.4 Å². The number of nitrogens with one attached hydrogen (secondary N) is 1. The molecule has 2 aromatic rings. The molecule has 2 rings (SSSR count). The van der Waals surface area contributed by atoms with E-state index in [0.29, 0.717) is 27.5 Å². The Morgan fingerprint density at radius 1 is 1.32 bits per heavy atom. The first kappa shape index (κ1) is 16.0. The number of carbonyl (C=O) groups excluding carboxylic acids is 2. The molecule has 116 valence electrons. The quantitative estimate of drug-likeness (QED) is 0.882. The lowest BCUT2D eigenvalue weighted by Gasteiger charge is -2.09. The maximum Gasteiger partial charge on any atom is 0.337 e. The monoisotopic (exact) mass is 321 g/mol. The van der Waals surface area contributed by atoms with Gasteiger partial charge in [0.25, 0.3) is 5.91 Å². The molecule has 1 aromatic carbocycles. The number of halogens is 1. The number of esters is 1. The van der Waals surface area contributed by atoms with E-state index >= 15 is 0 Å². The average molecular weight is 322 g/mol. The molecule has 7 heteroatoms. The minimum absolute atomic E-state index is 0.307. The van der Waals surface area contributed by atoms with Crippen LogP contribution in [0.25, 0.3) is 0 Å². The van der Waals surface area contributed by atoms with Crippen LogP contribution in [0.15, 0.2) is 18.2 Å². The minimum atomic E-state index is -0.499. The fraction of sp³-hybridized carbons (Fsp3) is 0.267. The van der Waals surface area contributed by atoms with Gasteiger partial charge in [-0.05, 0) is 32.0 Å². The van der Waals surface area contributed by atoms with Crippen LogP contribution in [0, 0.1) is 13.8 Å². The van der Waals surface area contributed by atoms with E-state index in [1.807, 2.05) is 0 Å². The molecular formula is C15H16ClN3O3. The van der Waals surface area contributed by atoms with Gasteiger partial charge < -0.3 is 10.1 Å². The summed E-state index contributed by atoms with van der Waals surface area (Å²) in [6.45, 7) is 3.57. The second-order valence-electron chi connectivity index (χ2n) is 4.81. The summed E-state index contributed by atoms with van der Waals surface area (Å²) < 4.78 is 6.29. The van der Waals surface area contributed by atoms with Crippen LogP contribution < -0.4 is 5.32 Å². The van der Waals surface area contributed by atoms with E-state index < -0.39 is 5.97 Å². The Morgan fingerprint density at radius 2 is 2.00 bits per heavy atom. The number of hydrogen-bond acceptors (Lipinski definition) is 4. The SMILES string of the molecule is COC(=O)c1ccc(Cl)c(NC(=O)c2c(C)nn(C)c2C)c1. The number of benzene rings is 1. The molecule has 6 nitrogen and oxygen atoms in total. The largest absolute Gasteiger partial charge is 0.465 e. The van der Waals surface area contributed by atoms with Crippen LogP contribution in [0.1, 0.15) is 32.1 Å². The zero-order valence-corrected chi connectivity index (χ0v) is 13.5. The fourth-order valence-electron chi connectivity index (χ4n) is 2.15. The van der Waals surface area contributed by atoms with E-state index in [2.05, 4.69) is 15.2 Å². The summed E-state index contributed by atoms with van der Waals surface area (Å²) in [5, 5.41) is 7.25. The van der Waals surface area contributed by atoms with Gasteiger partial charge in [0.1, 0.15) is 0 Å². The van der Waals surface area contributed by atoms with Crippen molar-refractivity contribution in [1.82, 2.24) is 9.78 Å². The number of rotatable bonds is 3. The summed E-state index contributed by atoms with van der Waals surface area (Å²) in [6, 6.07) is 4.55. The highest BCUT2D eigenvalue weighted by Gasteiger charge is 2.19. The predicted molar refractivity (Wildman–Crippen MR) is 83.4 cm³/mol. The van der Waals surface area contributed by atoms with Crippen molar-refractivity contribution in [1.29, 1.82) is 0 Å². The molecule has 0 aliphatic rings. The van der Waals surface area contributed by atoms with E-state index in [-0.39, 0.29) is 5.91 Å². The van der Waals surface area contributed by atoms with E-state index in [0.717, 1.165) is 5.69 Å². The zero-order valence-electron chi connectivity index (χ0n) is 12.7. The normalized spacial score (nSPS) is 10.4. The van der Waals surface area contributed by atoms with Gasteiger partial charge in [0.05, 0.1) is 34.6 Å². The number of hydrogen-bond donors (Lipinski definition) is 1. The first-order valence-corrected chi connectivity index (χ1v) is 6.92. The zero-order chi connectivity index (χ0) is 16.4. The van der Waals surface area contributed by atoms with E-state index in [9.17, 15) is 9.59 Å². The van der Waals surface area contributed by atoms with Gasteiger partial charge in [0, 0.05) is 12.7 Å². The molecule has 1 N–H and O–H groups in total. The summed E-state index contributed by atoms with van der Waals surface area (Å²) in [7, 11) is 3.06. The number of aryl methyl sites for hydroxylation is 2. The van der Waals surface area contributed by atoms with Gasteiger partial charge in [-0.3, -0.25) is 9.48 Å². The summed E-state index contributed by atoms with van der Waals surface area (Å²) >= 11 is 6.07. The average Bonchev–Trinajstić information content (AvgIpc) is 2.73. The number of methoxy groups -OCH3 is 1. The van der Waals surface area contributed by atoms with Crippen molar-refractivity contribution in [2.24, 2.45) is 7.05 Å². The van der Waals surface area contributed by atoms with Crippen LogP contribution in [0.4, 0.5) is 5.69 Å². The number of aromatic nitrogens is 2. The Labute approximate surface area is 133 Å². The standard InChI is InChI=1S/C15H16ClN3O3/c1-8-13(9(2)19(3)18-8)14(20)17-12-7-10(15(21)22-4)5-6-11(12)16/h5-7H,1-4H3,(H,17,20). The van der Waals surface area contributed by atoms with Gasteiger partial charge in [-0.15, -0.1) is 0 Å². The lowest BCUT2D eigenvalue weighted by Crippen LogP contribution is -2.15. The second-order valence-corrected chi connectivity index (χ2v) is 5.22. The van der Waals surface area contributed by atoms with Gasteiger partial charge in [0.15, 0.2) is 0 Å². The molecule has 1 heterocycles. The molecule has 0 spiro atoms. The number of amides is 1. The van der Waals surface area contributed by atoms with E-state index in [4.69, 9.17) is 11.6 Å². The molecular weight excluding hydrogens is 306 g/mol. The highest BCUT2D eigenvalue weighted by molar-refractivity contribution is 6.34. The molecule has 0 atom stereocenters. The maximum absolute atomic E-state index is 12.4. The Hall–Kier alpha value is -2.34. The number of nitrogens with zero attached hydrogens (tertiary/aromatic N) is 2. The van der Waals surface area contributed by atoms with Crippen LogP contribution in [0.3, 0.4) is 0 Å². The third-order valence-electron chi connectivity index (χ3n) is 3.37. The first-order valence-electron chi connectivity index (χ1n) is 6.54. The molecule has 0 saturated carbocycles. The summed E-state index contributed by atoms with van der Waals surface area (Å²) in [5.41, 5.74) is 2.51. The number of ether oxygens (including phenoxy) is 1. The summed E-state index contributed by atoms with van der Waals surface area (Å²) in [4.78, 5) is 24.0. The third-order valence-corrected chi connectivity index (χ3v) is 3.70. The molecule has 0 aliphatic carbocycles. The van der Waals surface area contributed by atoms with Crippen LogP contribution in [0.2, 0.25) is 5.02 Å². The van der Waals surface area contributed by atoms with Crippen LogP contribution in [-0.2, 0) is 11.8 Å². The van der Waals surface area contributed by atoms with Crippen molar-refractivity contribution in [3.8, 4) is 0 Å². The van der Waals surface area contributed by atoms with E-state index in [1.165, 1.54) is 25.3 Å². The third kappa shape index (κ3) is 2.96. The molecule has 0 aliphatic heterocycles. The van der Waals surface area contributed by atoms with Crippen LogP contribution in [-0.4, -0.2) is 28.8 Å². The maximum atomic E-state index is 12.4. The van der Waals surface area contributed by atoms with Crippen LogP contribution >= 0.6 is 11.6 Å². The number of carbonyl (C=O) groups is 2. The Balaban J connectivity index is 2.34. The molecule has 0 fully saturated rings. The van der Waals surface area contributed by atoms with Gasteiger partial charge in [0.2, 0.25) is 0 Å². The molecule has 0 unspecified atom stereocenters. The van der Waals surface area contributed by atoms with Gasteiger partial charge in [-0.2, -0.15) is 5.10 Å². The molecule has 0 saturated heterocycles. The Kier molecular flexibility index (Phi) is 4.51. The molecule has 1 amide bonds. The molecule has 0 radical (unpaired) electrons. The lowest BCUT2D eigenvalue weighted by molar-refractivity contribution is 0.0600. The summed E-state index contributed by atoms with van der Waals surface area (Å²) in [6.07, 6.45) is 0. The Morgan fingerprint density at radius 3 is 2.55 bits per heavy atom. The number of anilines is 1. The second kappa shape index (κ2) is 6.19. The first-order chi connectivity index (χ1) is 10.3. The highest BCUT2D eigenvalue weighted by atomic mass is 35.5.